The number of aliphatic hydroxyl groups is 1. The van der Waals surface area contributed by atoms with Gasteiger partial charge in [-0.3, -0.25) is 14.4 Å². The highest BCUT2D eigenvalue weighted by Gasteiger charge is 2.58. The van der Waals surface area contributed by atoms with Gasteiger partial charge in [0.15, 0.2) is 37.2 Å². The summed E-state index contributed by atoms with van der Waals surface area (Å²) in [6.45, 7) is 9.49. The van der Waals surface area contributed by atoms with Gasteiger partial charge in [0.2, 0.25) is 0 Å². The van der Waals surface area contributed by atoms with E-state index in [0.29, 0.717) is 5.56 Å². The molecule has 1 N–H and O–H groups in total. The van der Waals surface area contributed by atoms with E-state index in [0.717, 1.165) is 24.2 Å². The van der Waals surface area contributed by atoms with Crippen molar-refractivity contribution in [1.29, 1.82) is 0 Å². The third kappa shape index (κ3) is 10.6. The standard InChI is InChI=1S/C44H53N3O14Si/c1-26(48)22-23-34(51)59-39-37(55-27(2)49)33(25-54-62(44(4,5)6,30-18-12-8-13-19-30)31-20-14-9-15-21-31)58-43(40(39)56-28(3)50)61-38-35(46-47-45)41(52)57-32-24-53-42(60-36(32)38)29-16-10-7-11-17-29/h7-21,32-33,35-43,52H,22-25H2,1-6H3/t32-,33-,35-,36-,37+,38-,39+,40-,41?,42-,43+/m1/s1. The van der Waals surface area contributed by atoms with Crippen molar-refractivity contribution < 1.29 is 66.6 Å². The van der Waals surface area contributed by atoms with Crippen LogP contribution in [-0.4, -0.2) is 112 Å². The van der Waals surface area contributed by atoms with Crippen molar-refractivity contribution in [3.05, 3.63) is 107 Å². The van der Waals surface area contributed by atoms with Crippen molar-refractivity contribution in [2.75, 3.05) is 13.2 Å². The minimum absolute atomic E-state index is 0.0666. The first-order chi connectivity index (χ1) is 29.6. The fourth-order valence-electron chi connectivity index (χ4n) is 8.21. The number of Topliss-reactive ketones (excluding diaryl/α,β-unsaturated/α-hetero) is 1. The van der Waals surface area contributed by atoms with Gasteiger partial charge in [-0.25, -0.2) is 0 Å². The molecule has 6 rings (SSSR count). The van der Waals surface area contributed by atoms with Crippen molar-refractivity contribution in [2.24, 2.45) is 5.11 Å². The van der Waals surface area contributed by atoms with Gasteiger partial charge in [-0.2, -0.15) is 0 Å². The monoisotopic (exact) mass is 875 g/mol. The summed E-state index contributed by atoms with van der Waals surface area (Å²) < 4.78 is 56.5. The van der Waals surface area contributed by atoms with Gasteiger partial charge in [0.05, 0.1) is 19.6 Å². The predicted molar refractivity (Wildman–Crippen MR) is 222 cm³/mol. The molecule has 3 aliphatic rings. The largest absolute Gasteiger partial charge is 0.456 e. The lowest BCUT2D eigenvalue weighted by molar-refractivity contribution is -0.373. The summed E-state index contributed by atoms with van der Waals surface area (Å²) in [5, 5.41) is 16.4. The summed E-state index contributed by atoms with van der Waals surface area (Å²) in [6, 6.07) is 27.1. The molecule has 3 saturated heterocycles. The number of ether oxygens (including phenoxy) is 8. The summed E-state index contributed by atoms with van der Waals surface area (Å²) in [5.74, 6) is -2.76. The number of hydrogen-bond acceptors (Lipinski definition) is 15. The van der Waals surface area contributed by atoms with Crippen LogP contribution in [0.4, 0.5) is 0 Å². The molecule has 0 aromatic heterocycles. The van der Waals surface area contributed by atoms with Crippen molar-refractivity contribution in [3.8, 4) is 0 Å². The van der Waals surface area contributed by atoms with Crippen LogP contribution in [0.5, 0.6) is 0 Å². The summed E-state index contributed by atoms with van der Waals surface area (Å²) in [6.07, 6.45) is -14.2. The summed E-state index contributed by atoms with van der Waals surface area (Å²) in [4.78, 5) is 54.3. The number of aliphatic hydroxyl groups excluding tert-OH is 1. The SMILES string of the molecule is CC(=O)CCC(=O)O[C@H]1[C@@H](OC(C)=O)[C@@H](CO[Si](c2ccccc2)(c2ccccc2)C(C)(C)C)O[C@@H](O[C@H]2[C@@H]3O[C@H](c4ccccc4)OC[C@H]3OC(O)[C@@H]2N=[N+]=[N-])[C@@H]1OC(C)=O. The lowest BCUT2D eigenvalue weighted by atomic mass is 9.94. The second-order valence-corrected chi connectivity index (χ2v) is 20.7. The number of azide groups is 1. The smallest absolute Gasteiger partial charge is 0.306 e. The van der Waals surface area contributed by atoms with E-state index in [-0.39, 0.29) is 31.8 Å². The molecule has 18 heteroatoms. The molecule has 0 aliphatic carbocycles. The minimum Gasteiger partial charge on any atom is -0.456 e. The lowest BCUT2D eigenvalue weighted by Gasteiger charge is -2.50. The Morgan fingerprint density at radius 1 is 0.774 bits per heavy atom. The van der Waals surface area contributed by atoms with E-state index in [1.807, 2.05) is 66.7 Å². The quantitative estimate of drug-likeness (QED) is 0.0561. The van der Waals surface area contributed by atoms with Crippen molar-refractivity contribution in [1.82, 2.24) is 0 Å². The number of rotatable bonds is 15. The fourth-order valence-corrected chi connectivity index (χ4v) is 12.8. The van der Waals surface area contributed by atoms with Gasteiger partial charge >= 0.3 is 17.9 Å². The van der Waals surface area contributed by atoms with Crippen molar-refractivity contribution in [3.63, 3.8) is 0 Å². The lowest BCUT2D eigenvalue weighted by Crippen LogP contribution is -2.69. The Morgan fingerprint density at radius 3 is 1.90 bits per heavy atom. The zero-order valence-corrected chi connectivity index (χ0v) is 36.4. The van der Waals surface area contributed by atoms with Gasteiger partial charge in [-0.1, -0.05) is 117 Å². The van der Waals surface area contributed by atoms with Gasteiger partial charge in [-0.15, -0.1) is 0 Å². The normalized spacial score (nSPS) is 28.7. The molecule has 3 aliphatic heterocycles. The van der Waals surface area contributed by atoms with Gasteiger partial charge in [-0.05, 0) is 27.9 Å². The molecule has 0 amide bonds. The average molecular weight is 876 g/mol. The molecule has 3 heterocycles. The summed E-state index contributed by atoms with van der Waals surface area (Å²) >= 11 is 0. The van der Waals surface area contributed by atoms with Crippen LogP contribution in [0, 0.1) is 0 Å². The molecule has 17 nitrogen and oxygen atoms in total. The Kier molecular flexibility index (Phi) is 15.3. The second kappa shape index (κ2) is 20.4. The van der Waals surface area contributed by atoms with Crippen molar-refractivity contribution in [2.45, 2.75) is 127 Å². The topological polar surface area (TPSA) is 220 Å². The van der Waals surface area contributed by atoms with Crippen LogP contribution in [0.15, 0.2) is 96.1 Å². The number of ketones is 1. The molecule has 3 aromatic carbocycles. The fraction of sp³-hybridized carbons (Fsp3) is 0.500. The van der Waals surface area contributed by atoms with Crippen LogP contribution in [-0.2, 0) is 61.5 Å². The maximum atomic E-state index is 13.5. The number of hydrogen-bond donors (Lipinski definition) is 1. The van der Waals surface area contributed by atoms with E-state index in [1.165, 1.54) is 6.92 Å². The molecule has 3 fully saturated rings. The van der Waals surface area contributed by atoms with Crippen LogP contribution < -0.4 is 10.4 Å². The van der Waals surface area contributed by atoms with Crippen LogP contribution in [0.1, 0.15) is 66.2 Å². The highest BCUT2D eigenvalue weighted by atomic mass is 28.4. The number of benzene rings is 3. The molecule has 332 valence electrons. The van der Waals surface area contributed by atoms with E-state index in [2.05, 4.69) is 30.8 Å². The molecule has 0 bridgehead atoms. The van der Waals surface area contributed by atoms with E-state index in [1.54, 1.807) is 24.3 Å². The molecule has 1 unspecified atom stereocenters. The first-order valence-corrected chi connectivity index (χ1v) is 22.3. The van der Waals surface area contributed by atoms with Gasteiger partial charge in [0, 0.05) is 30.7 Å². The Balaban J connectivity index is 1.45. The van der Waals surface area contributed by atoms with Crippen molar-refractivity contribution >= 4 is 42.4 Å². The number of esters is 3. The average Bonchev–Trinajstić information content (AvgIpc) is 3.24. The van der Waals surface area contributed by atoms with Gasteiger partial charge in [0.25, 0.3) is 8.32 Å². The summed E-state index contributed by atoms with van der Waals surface area (Å²) in [5.41, 5.74) is 10.3. The first kappa shape index (κ1) is 46.5. The third-order valence-electron chi connectivity index (χ3n) is 10.9. The highest BCUT2D eigenvalue weighted by molar-refractivity contribution is 6.99. The molecule has 3 aromatic rings. The van der Waals surface area contributed by atoms with Crippen LogP contribution in [0.25, 0.3) is 10.4 Å². The van der Waals surface area contributed by atoms with E-state index in [4.69, 9.17) is 42.3 Å². The maximum Gasteiger partial charge on any atom is 0.306 e. The highest BCUT2D eigenvalue weighted by Crippen LogP contribution is 2.41. The Bertz CT molecular complexity index is 2010. The van der Waals surface area contributed by atoms with E-state index < -0.39 is 98.9 Å². The van der Waals surface area contributed by atoms with Crippen LogP contribution in [0.3, 0.4) is 0 Å². The van der Waals surface area contributed by atoms with E-state index >= 15 is 0 Å². The molecular formula is C44H53N3O14Si. The third-order valence-corrected chi connectivity index (χ3v) is 15.9. The Morgan fingerprint density at radius 2 is 1.35 bits per heavy atom. The first-order valence-electron chi connectivity index (χ1n) is 20.4. The van der Waals surface area contributed by atoms with E-state index in [9.17, 15) is 29.8 Å². The van der Waals surface area contributed by atoms with Gasteiger partial charge in [0.1, 0.15) is 36.2 Å². The second-order valence-electron chi connectivity index (χ2n) is 16.4. The van der Waals surface area contributed by atoms with Crippen LogP contribution in [0.2, 0.25) is 5.04 Å². The maximum absolute atomic E-state index is 13.5. The predicted octanol–water partition coefficient (Wildman–Crippen LogP) is 4.33. The molecule has 0 saturated carbocycles. The molecule has 0 spiro atoms. The Hall–Kier alpha value is -5.01. The Labute approximate surface area is 360 Å². The number of nitrogens with zero attached hydrogens (tertiary/aromatic N) is 3. The number of carbonyl (C=O) groups excluding carboxylic acids is 4. The zero-order chi connectivity index (χ0) is 44.6. The minimum atomic E-state index is -3.31. The van der Waals surface area contributed by atoms with Gasteiger partial charge < -0.3 is 52.2 Å². The zero-order valence-electron chi connectivity index (χ0n) is 35.4. The number of carbonyl (C=O) groups is 4. The molecule has 0 radical (unpaired) electrons. The van der Waals surface area contributed by atoms with Crippen LogP contribution >= 0.6 is 0 Å². The molecule has 11 atom stereocenters. The number of fused-ring (bicyclic) bond motifs is 1. The molecular weight excluding hydrogens is 823 g/mol. The molecule has 62 heavy (non-hydrogen) atoms. The summed E-state index contributed by atoms with van der Waals surface area (Å²) in [7, 11) is -3.31.